The van der Waals surface area contributed by atoms with E-state index in [1.807, 2.05) is 13.8 Å². The average molecular weight is 554 g/mol. The highest BCUT2D eigenvalue weighted by atomic mass is 32.2. The number of hydrogen-bond donors (Lipinski definition) is 3. The summed E-state index contributed by atoms with van der Waals surface area (Å²) in [5, 5.41) is 11.9. The van der Waals surface area contributed by atoms with E-state index in [1.165, 1.54) is 0 Å². The molecule has 0 aliphatic rings. The first kappa shape index (κ1) is 35.1. The highest BCUT2D eigenvalue weighted by molar-refractivity contribution is 7.87. The van der Waals surface area contributed by atoms with Gasteiger partial charge in [-0.15, -0.1) is 0 Å². The summed E-state index contributed by atoms with van der Waals surface area (Å²) in [5.41, 5.74) is 8.21. The molecule has 0 amide bonds. The van der Waals surface area contributed by atoms with Gasteiger partial charge in [0.15, 0.2) is 0 Å². The minimum Gasteiger partial charge on any atom is -0.385 e. The van der Waals surface area contributed by atoms with Crippen LogP contribution in [0.4, 0.5) is 0 Å². The Labute approximate surface area is 235 Å². The molecule has 38 heavy (non-hydrogen) atoms. The molecule has 6 heteroatoms. The molecule has 0 fully saturated rings. The van der Waals surface area contributed by atoms with Crippen molar-refractivity contribution in [2.24, 2.45) is 17.6 Å². The second-order valence-corrected chi connectivity index (χ2v) is 17.7. The smallest absolute Gasteiger partial charge is 0.270 e. The third-order valence-corrected chi connectivity index (χ3v) is 9.59. The summed E-state index contributed by atoms with van der Waals surface area (Å²) in [6.45, 7) is 28.9. The van der Waals surface area contributed by atoms with Crippen LogP contribution < -0.4 is 5.73 Å². The van der Waals surface area contributed by atoms with E-state index >= 15 is 0 Å². The van der Waals surface area contributed by atoms with Gasteiger partial charge in [-0.05, 0) is 104 Å². The van der Waals surface area contributed by atoms with Gasteiger partial charge in [-0.25, -0.2) is 0 Å². The number of nitrogens with two attached hydrogens (primary N) is 1. The van der Waals surface area contributed by atoms with Gasteiger partial charge in [0.05, 0.1) is 10.3 Å². The monoisotopic (exact) mass is 553 g/mol. The maximum atomic E-state index is 12.3. The highest BCUT2D eigenvalue weighted by Crippen LogP contribution is 2.48. The minimum atomic E-state index is -4.26. The fraction of sp³-hybridized carbons (Fsp3) is 0.812. The van der Waals surface area contributed by atoms with Crippen molar-refractivity contribution in [2.45, 2.75) is 155 Å². The summed E-state index contributed by atoms with van der Waals surface area (Å²) in [6.07, 6.45) is 2.55. The predicted octanol–water partition coefficient (Wildman–Crippen LogP) is 7.61. The van der Waals surface area contributed by atoms with Crippen LogP contribution in [0.3, 0.4) is 0 Å². The van der Waals surface area contributed by atoms with Crippen LogP contribution in [-0.4, -0.2) is 28.9 Å². The fourth-order valence-corrected chi connectivity index (χ4v) is 7.52. The molecule has 0 heterocycles. The number of rotatable bonds is 13. The van der Waals surface area contributed by atoms with Crippen LogP contribution in [0.15, 0.2) is 12.1 Å². The molecule has 1 rings (SSSR count). The summed E-state index contributed by atoms with van der Waals surface area (Å²) >= 11 is 0. The van der Waals surface area contributed by atoms with Crippen LogP contribution in [0.2, 0.25) is 0 Å². The zero-order chi connectivity index (χ0) is 30.3. The zero-order valence-electron chi connectivity index (χ0n) is 26.9. The predicted molar refractivity (Wildman–Crippen MR) is 163 cm³/mol. The topological polar surface area (TPSA) is 101 Å². The first-order valence-corrected chi connectivity index (χ1v) is 15.8. The Bertz CT molecular complexity index is 1060. The Kier molecular flexibility index (Phi) is 10.6. The molecule has 0 aromatic heterocycles. The highest BCUT2D eigenvalue weighted by Gasteiger charge is 2.43. The van der Waals surface area contributed by atoms with Crippen molar-refractivity contribution in [3.63, 3.8) is 0 Å². The van der Waals surface area contributed by atoms with Gasteiger partial charge in [-0.1, -0.05) is 81.4 Å². The molecule has 0 spiro atoms. The Morgan fingerprint density at radius 3 is 1.37 bits per heavy atom. The van der Waals surface area contributed by atoms with E-state index in [9.17, 15) is 18.1 Å². The summed E-state index contributed by atoms with van der Waals surface area (Å²) in [4.78, 5) is 0. The van der Waals surface area contributed by atoms with Crippen molar-refractivity contribution in [1.29, 1.82) is 0 Å². The molecule has 1 aromatic rings. The van der Waals surface area contributed by atoms with Gasteiger partial charge >= 0.3 is 0 Å². The molecule has 0 aliphatic heterocycles. The van der Waals surface area contributed by atoms with Crippen molar-refractivity contribution in [3.05, 3.63) is 34.4 Å². The van der Waals surface area contributed by atoms with Crippen LogP contribution in [0.5, 0.6) is 0 Å². The van der Waals surface area contributed by atoms with Crippen molar-refractivity contribution in [1.82, 2.24) is 0 Å². The molecule has 0 bridgehead atoms. The van der Waals surface area contributed by atoms with E-state index in [2.05, 4.69) is 81.4 Å². The third kappa shape index (κ3) is 8.52. The summed E-state index contributed by atoms with van der Waals surface area (Å²) in [6, 6.07) is 4.26. The molecule has 5 nitrogen and oxygen atoms in total. The quantitative estimate of drug-likeness (QED) is 0.218. The molecule has 0 aliphatic carbocycles. The average Bonchev–Trinajstić information content (AvgIpc) is 2.62. The van der Waals surface area contributed by atoms with Crippen LogP contribution in [-0.2, 0) is 32.0 Å². The van der Waals surface area contributed by atoms with E-state index in [1.54, 1.807) is 13.8 Å². The lowest BCUT2D eigenvalue weighted by atomic mass is 9.64. The van der Waals surface area contributed by atoms with E-state index in [-0.39, 0.29) is 23.3 Å². The van der Waals surface area contributed by atoms with E-state index in [0.29, 0.717) is 18.3 Å². The largest absolute Gasteiger partial charge is 0.385 e. The van der Waals surface area contributed by atoms with E-state index < -0.39 is 25.9 Å². The van der Waals surface area contributed by atoms with Crippen LogP contribution in [0.1, 0.15) is 145 Å². The van der Waals surface area contributed by atoms with Crippen molar-refractivity contribution in [3.8, 4) is 0 Å². The van der Waals surface area contributed by atoms with Gasteiger partial charge in [-0.3, -0.25) is 4.55 Å². The van der Waals surface area contributed by atoms with Crippen molar-refractivity contribution >= 4 is 10.1 Å². The van der Waals surface area contributed by atoms with Gasteiger partial charge in [0.1, 0.15) is 0 Å². The van der Waals surface area contributed by atoms with Crippen LogP contribution in [0, 0.1) is 11.8 Å². The first-order chi connectivity index (χ1) is 16.7. The Balaban J connectivity index is 4.24. The molecular formula is C32H59NO4S. The summed E-state index contributed by atoms with van der Waals surface area (Å²) < 4.78 is 33.4. The minimum absolute atomic E-state index is 0.176. The number of hydrogen-bond acceptors (Lipinski definition) is 4. The van der Waals surface area contributed by atoms with Gasteiger partial charge in [0, 0.05) is 6.04 Å². The molecule has 222 valence electrons. The number of benzene rings is 1. The van der Waals surface area contributed by atoms with Gasteiger partial charge in [0.2, 0.25) is 0 Å². The van der Waals surface area contributed by atoms with Gasteiger partial charge in [-0.2, -0.15) is 8.42 Å². The van der Waals surface area contributed by atoms with Gasteiger partial charge in [0.25, 0.3) is 10.1 Å². The maximum absolute atomic E-state index is 12.3. The lowest BCUT2D eigenvalue weighted by Gasteiger charge is -2.43. The van der Waals surface area contributed by atoms with E-state index in [0.717, 1.165) is 35.1 Å². The van der Waals surface area contributed by atoms with Crippen LogP contribution >= 0.6 is 0 Å². The fourth-order valence-electron chi connectivity index (χ4n) is 6.97. The summed E-state index contributed by atoms with van der Waals surface area (Å²) in [5.74, 6) is 0.892. The molecule has 4 N–H and O–H groups in total. The lowest BCUT2D eigenvalue weighted by Crippen LogP contribution is -2.40. The number of aliphatic hydroxyl groups is 1. The SMILES string of the molecule is CC(C)CC(C)(C)c1cc(C(C)(O)CC(C)N)c(C(C)(C)CC(C)C)cc1C(C)(C)CC(C)(C)S(=O)(=O)O. The van der Waals surface area contributed by atoms with Crippen LogP contribution in [0.25, 0.3) is 0 Å². The lowest BCUT2D eigenvalue weighted by molar-refractivity contribution is 0.0399. The second-order valence-electron chi connectivity index (χ2n) is 15.7. The zero-order valence-corrected chi connectivity index (χ0v) is 27.7. The molecule has 2 atom stereocenters. The molecule has 0 radical (unpaired) electrons. The maximum Gasteiger partial charge on any atom is 0.270 e. The normalized spacial score (nSPS) is 16.7. The van der Waals surface area contributed by atoms with Crippen molar-refractivity contribution < 1.29 is 18.1 Å². The molecule has 2 unspecified atom stereocenters. The Morgan fingerprint density at radius 2 is 1.03 bits per heavy atom. The molecule has 1 aromatic carbocycles. The molecule has 0 saturated heterocycles. The summed E-state index contributed by atoms with van der Waals surface area (Å²) in [7, 11) is -4.26. The van der Waals surface area contributed by atoms with Gasteiger partial charge < -0.3 is 10.8 Å². The van der Waals surface area contributed by atoms with Crippen molar-refractivity contribution in [2.75, 3.05) is 0 Å². The Morgan fingerprint density at radius 1 is 0.684 bits per heavy atom. The third-order valence-electron chi connectivity index (χ3n) is 8.05. The van der Waals surface area contributed by atoms with E-state index in [4.69, 9.17) is 5.73 Å². The first-order valence-electron chi connectivity index (χ1n) is 14.3. The molecular weight excluding hydrogens is 494 g/mol. The standard InChI is InChI=1S/C32H59NO4S/c1-21(2)17-28(6,7)24-16-27(32(14,34)19-23(5)33)26(29(8,9)18-22(3)4)15-25(24)30(10,11)20-31(12,13)38(35,36)37/h15-16,21-23,34H,17-20,33H2,1-14H3,(H,35,36,37). The Hall–Kier alpha value is -0.950. The second kappa shape index (κ2) is 11.5. The molecule has 0 saturated carbocycles.